The smallest absolute Gasteiger partial charge is 0.341 e. The second kappa shape index (κ2) is 10.2. The number of halogens is 1. The van der Waals surface area contributed by atoms with E-state index in [1.807, 2.05) is 0 Å². The van der Waals surface area contributed by atoms with Crippen molar-refractivity contribution in [2.24, 2.45) is 0 Å². The molecule has 1 heterocycles. The van der Waals surface area contributed by atoms with Crippen molar-refractivity contribution in [1.29, 1.82) is 0 Å². The molecule has 0 bridgehead atoms. The summed E-state index contributed by atoms with van der Waals surface area (Å²) in [6.07, 6.45) is 2.95. The largest absolute Gasteiger partial charge is 0.494 e. The summed E-state index contributed by atoms with van der Waals surface area (Å²) in [5.74, 6) is -1.34. The van der Waals surface area contributed by atoms with Gasteiger partial charge in [0, 0.05) is 18.5 Å². The SMILES string of the molecule is COc1cc(NS(=O)(=O)c2ccc(OCC(=O)O)c(Cl)c2)ccc1NC(=O)c1cccnc1. The van der Waals surface area contributed by atoms with Crippen LogP contribution in [0, 0.1) is 0 Å². The van der Waals surface area contributed by atoms with E-state index < -0.39 is 28.5 Å². The van der Waals surface area contributed by atoms with Crippen LogP contribution in [-0.4, -0.2) is 44.1 Å². The van der Waals surface area contributed by atoms with Gasteiger partial charge in [0.15, 0.2) is 6.61 Å². The lowest BCUT2D eigenvalue weighted by Gasteiger charge is -2.14. The Morgan fingerprint density at radius 3 is 2.55 bits per heavy atom. The molecule has 3 N–H and O–H groups in total. The van der Waals surface area contributed by atoms with Crippen molar-refractivity contribution >= 4 is 44.9 Å². The lowest BCUT2D eigenvalue weighted by molar-refractivity contribution is -0.139. The van der Waals surface area contributed by atoms with Gasteiger partial charge in [0.1, 0.15) is 11.5 Å². The molecule has 172 valence electrons. The van der Waals surface area contributed by atoms with Crippen LogP contribution in [0.4, 0.5) is 11.4 Å². The van der Waals surface area contributed by atoms with Gasteiger partial charge in [0.25, 0.3) is 15.9 Å². The van der Waals surface area contributed by atoms with E-state index in [0.29, 0.717) is 11.3 Å². The molecule has 12 heteroatoms. The molecule has 0 spiro atoms. The Morgan fingerprint density at radius 1 is 1.12 bits per heavy atom. The molecule has 33 heavy (non-hydrogen) atoms. The number of rotatable bonds is 9. The standard InChI is InChI=1S/C21H18ClN3O7S/c1-31-19-9-14(4-6-17(19)24-21(28)13-3-2-8-23-11-13)25-33(29,30)15-5-7-18(16(22)10-15)32-12-20(26)27/h2-11,25H,12H2,1H3,(H,24,28)(H,26,27). The first-order valence-electron chi connectivity index (χ1n) is 9.26. The molecule has 3 rings (SSSR count). The summed E-state index contributed by atoms with van der Waals surface area (Å²) >= 11 is 6.01. The zero-order valence-electron chi connectivity index (χ0n) is 17.1. The third-order valence-corrected chi connectivity index (χ3v) is 5.86. The second-order valence-electron chi connectivity index (χ2n) is 6.49. The first-order valence-corrected chi connectivity index (χ1v) is 11.1. The van der Waals surface area contributed by atoms with E-state index in [-0.39, 0.29) is 27.1 Å². The van der Waals surface area contributed by atoms with Crippen LogP contribution in [0.5, 0.6) is 11.5 Å². The van der Waals surface area contributed by atoms with Gasteiger partial charge >= 0.3 is 5.97 Å². The number of carbonyl (C=O) groups excluding carboxylic acids is 1. The highest BCUT2D eigenvalue weighted by molar-refractivity contribution is 7.92. The predicted octanol–water partition coefficient (Wildman–Crippen LogP) is 3.26. The Hall–Kier alpha value is -3.83. The third kappa shape index (κ3) is 6.11. The van der Waals surface area contributed by atoms with Crippen LogP contribution < -0.4 is 19.5 Å². The molecule has 2 aromatic carbocycles. The van der Waals surface area contributed by atoms with Crippen LogP contribution in [0.25, 0.3) is 0 Å². The van der Waals surface area contributed by atoms with Crippen molar-refractivity contribution in [2.75, 3.05) is 23.8 Å². The monoisotopic (exact) mass is 491 g/mol. The molecule has 0 saturated carbocycles. The van der Waals surface area contributed by atoms with Crippen LogP contribution >= 0.6 is 11.6 Å². The Kier molecular flexibility index (Phi) is 7.36. The maximum Gasteiger partial charge on any atom is 0.341 e. The predicted molar refractivity (Wildman–Crippen MR) is 121 cm³/mol. The molecule has 10 nitrogen and oxygen atoms in total. The number of nitrogens with zero attached hydrogens (tertiary/aromatic N) is 1. The van der Waals surface area contributed by atoms with E-state index in [9.17, 15) is 18.0 Å². The van der Waals surface area contributed by atoms with Crippen molar-refractivity contribution in [1.82, 2.24) is 4.98 Å². The summed E-state index contributed by atoms with van der Waals surface area (Å²) in [5.41, 5.74) is 0.850. The number of carboxylic acids is 1. The van der Waals surface area contributed by atoms with Crippen LogP contribution in [0.3, 0.4) is 0 Å². The number of hydrogen-bond acceptors (Lipinski definition) is 7. The number of aliphatic carboxylic acids is 1. The summed E-state index contributed by atoms with van der Waals surface area (Å²) in [6.45, 7) is -0.618. The molecule has 1 amide bonds. The van der Waals surface area contributed by atoms with E-state index in [2.05, 4.69) is 15.0 Å². The number of nitrogens with one attached hydrogen (secondary N) is 2. The zero-order valence-corrected chi connectivity index (χ0v) is 18.7. The average Bonchev–Trinajstić information content (AvgIpc) is 2.79. The summed E-state index contributed by atoms with van der Waals surface area (Å²) < 4.78 is 38.2. The number of benzene rings is 2. The Balaban J connectivity index is 1.77. The van der Waals surface area contributed by atoms with Gasteiger partial charge in [-0.2, -0.15) is 0 Å². The maximum absolute atomic E-state index is 12.8. The lowest BCUT2D eigenvalue weighted by Crippen LogP contribution is -2.15. The number of ether oxygens (including phenoxy) is 2. The lowest BCUT2D eigenvalue weighted by atomic mass is 10.2. The van der Waals surface area contributed by atoms with Gasteiger partial charge in [0.05, 0.1) is 34.0 Å². The van der Waals surface area contributed by atoms with Gasteiger partial charge < -0.3 is 19.9 Å². The molecule has 1 aromatic heterocycles. The van der Waals surface area contributed by atoms with Gasteiger partial charge in [-0.3, -0.25) is 14.5 Å². The number of pyridine rings is 1. The number of anilines is 2. The Bertz CT molecular complexity index is 1280. The first-order chi connectivity index (χ1) is 15.7. The molecule has 0 atom stereocenters. The summed E-state index contributed by atoms with van der Waals surface area (Å²) in [4.78, 5) is 26.7. The fourth-order valence-corrected chi connectivity index (χ4v) is 4.04. The molecule has 0 saturated heterocycles. The van der Waals surface area contributed by atoms with Crippen molar-refractivity contribution in [3.8, 4) is 11.5 Å². The number of carbonyl (C=O) groups is 2. The zero-order chi connectivity index (χ0) is 24.0. The van der Waals surface area contributed by atoms with E-state index in [1.165, 1.54) is 43.6 Å². The van der Waals surface area contributed by atoms with Gasteiger partial charge in [-0.05, 0) is 42.5 Å². The highest BCUT2D eigenvalue weighted by Gasteiger charge is 2.18. The van der Waals surface area contributed by atoms with Crippen molar-refractivity contribution < 1.29 is 32.6 Å². The molecule has 0 aliphatic heterocycles. The summed E-state index contributed by atoms with van der Waals surface area (Å²) in [7, 11) is -2.67. The minimum atomic E-state index is -4.05. The molecule has 0 aliphatic carbocycles. The number of methoxy groups -OCH3 is 1. The van der Waals surface area contributed by atoms with E-state index >= 15 is 0 Å². The fraction of sp³-hybridized carbons (Fsp3) is 0.0952. The van der Waals surface area contributed by atoms with Gasteiger partial charge in [-0.1, -0.05) is 11.6 Å². The molecule has 0 radical (unpaired) electrons. The summed E-state index contributed by atoms with van der Waals surface area (Å²) in [5, 5.41) is 11.3. The van der Waals surface area contributed by atoms with Crippen LogP contribution in [0.15, 0.2) is 65.8 Å². The van der Waals surface area contributed by atoms with Crippen molar-refractivity contribution in [3.05, 3.63) is 71.5 Å². The van der Waals surface area contributed by atoms with Gasteiger partial charge in [-0.15, -0.1) is 0 Å². The molecular weight excluding hydrogens is 474 g/mol. The Morgan fingerprint density at radius 2 is 1.91 bits per heavy atom. The number of sulfonamides is 1. The van der Waals surface area contributed by atoms with Crippen LogP contribution in [-0.2, 0) is 14.8 Å². The van der Waals surface area contributed by atoms with Crippen molar-refractivity contribution in [3.63, 3.8) is 0 Å². The quantitative estimate of drug-likeness (QED) is 0.413. The Labute approximate surface area is 194 Å². The molecular formula is C21H18ClN3O7S. The van der Waals surface area contributed by atoms with Crippen molar-refractivity contribution in [2.45, 2.75) is 4.90 Å². The highest BCUT2D eigenvalue weighted by atomic mass is 35.5. The minimum Gasteiger partial charge on any atom is -0.494 e. The maximum atomic E-state index is 12.8. The molecule has 0 fully saturated rings. The van der Waals surface area contributed by atoms with Gasteiger partial charge in [0.2, 0.25) is 0 Å². The fourth-order valence-electron chi connectivity index (χ4n) is 2.67. The second-order valence-corrected chi connectivity index (χ2v) is 8.58. The van der Waals surface area contributed by atoms with E-state index in [4.69, 9.17) is 26.2 Å². The molecule has 0 unspecified atom stereocenters. The molecule has 3 aromatic rings. The third-order valence-electron chi connectivity index (χ3n) is 4.19. The normalized spacial score (nSPS) is 10.8. The van der Waals surface area contributed by atoms with Crippen LogP contribution in [0.1, 0.15) is 10.4 Å². The number of carboxylic acid groups (broad SMARTS) is 1. The topological polar surface area (TPSA) is 144 Å². The van der Waals surface area contributed by atoms with Gasteiger partial charge in [-0.25, -0.2) is 13.2 Å². The summed E-state index contributed by atoms with van der Waals surface area (Å²) in [6, 6.07) is 11.2. The number of amides is 1. The first kappa shape index (κ1) is 23.8. The number of aromatic nitrogens is 1. The van der Waals surface area contributed by atoms with E-state index in [1.54, 1.807) is 18.3 Å². The van der Waals surface area contributed by atoms with E-state index in [0.717, 1.165) is 6.07 Å². The minimum absolute atomic E-state index is 0.0356. The van der Waals surface area contributed by atoms with Crippen LogP contribution in [0.2, 0.25) is 5.02 Å². The number of hydrogen-bond donors (Lipinski definition) is 3. The molecule has 0 aliphatic rings. The average molecular weight is 492 g/mol. The highest BCUT2D eigenvalue weighted by Crippen LogP contribution is 2.31.